The molecule has 0 atom stereocenters. The SMILES string of the molecule is COc1ccc2c(=O)c(OC)c(-c3ccccc3Cl)oc2c1. The molecule has 0 bridgehead atoms. The topological polar surface area (TPSA) is 48.7 Å². The third-order valence-electron chi connectivity index (χ3n) is 3.38. The van der Waals surface area contributed by atoms with E-state index in [4.69, 9.17) is 25.5 Å². The lowest BCUT2D eigenvalue weighted by Crippen LogP contribution is -2.07. The van der Waals surface area contributed by atoms with Crippen LogP contribution < -0.4 is 14.9 Å². The Hall–Kier alpha value is -2.46. The van der Waals surface area contributed by atoms with Crippen molar-refractivity contribution in [3.8, 4) is 22.8 Å². The Morgan fingerprint density at radius 3 is 2.50 bits per heavy atom. The fraction of sp³-hybridized carbons (Fsp3) is 0.118. The average molecular weight is 317 g/mol. The molecule has 0 radical (unpaired) electrons. The van der Waals surface area contributed by atoms with Gasteiger partial charge in [0.2, 0.25) is 11.2 Å². The first-order valence-corrected chi connectivity index (χ1v) is 6.97. The molecule has 0 fully saturated rings. The van der Waals surface area contributed by atoms with Crippen LogP contribution >= 0.6 is 11.6 Å². The zero-order valence-electron chi connectivity index (χ0n) is 12.1. The van der Waals surface area contributed by atoms with Crippen LogP contribution in [0.25, 0.3) is 22.3 Å². The zero-order valence-corrected chi connectivity index (χ0v) is 12.8. The number of hydrogen-bond donors (Lipinski definition) is 0. The quantitative estimate of drug-likeness (QED) is 0.729. The summed E-state index contributed by atoms with van der Waals surface area (Å²) in [6.45, 7) is 0. The molecule has 22 heavy (non-hydrogen) atoms. The van der Waals surface area contributed by atoms with E-state index in [-0.39, 0.29) is 11.2 Å². The minimum absolute atomic E-state index is 0.130. The fourth-order valence-corrected chi connectivity index (χ4v) is 2.51. The number of rotatable bonds is 3. The molecule has 112 valence electrons. The summed E-state index contributed by atoms with van der Waals surface area (Å²) in [6.07, 6.45) is 0. The third-order valence-corrected chi connectivity index (χ3v) is 3.71. The highest BCUT2D eigenvalue weighted by molar-refractivity contribution is 6.33. The van der Waals surface area contributed by atoms with Crippen LogP contribution in [0.4, 0.5) is 0 Å². The molecular formula is C17H13ClO4. The number of halogens is 1. The van der Waals surface area contributed by atoms with Crippen LogP contribution in [0, 0.1) is 0 Å². The molecule has 0 aliphatic heterocycles. The lowest BCUT2D eigenvalue weighted by molar-refractivity contribution is 0.397. The van der Waals surface area contributed by atoms with Crippen molar-refractivity contribution in [2.75, 3.05) is 14.2 Å². The Balaban J connectivity index is 2.38. The van der Waals surface area contributed by atoms with Gasteiger partial charge in [-0.05, 0) is 24.3 Å². The normalized spacial score (nSPS) is 10.7. The third kappa shape index (κ3) is 2.31. The molecule has 0 unspecified atom stereocenters. The monoisotopic (exact) mass is 316 g/mol. The molecule has 3 aromatic rings. The molecule has 0 N–H and O–H groups in total. The first-order chi connectivity index (χ1) is 10.7. The molecule has 0 saturated heterocycles. The van der Waals surface area contributed by atoms with Gasteiger partial charge in [-0.1, -0.05) is 23.7 Å². The number of hydrogen-bond acceptors (Lipinski definition) is 4. The number of methoxy groups -OCH3 is 2. The van der Waals surface area contributed by atoms with E-state index in [1.807, 2.05) is 6.07 Å². The van der Waals surface area contributed by atoms with E-state index in [2.05, 4.69) is 0 Å². The molecule has 2 aromatic carbocycles. The first-order valence-electron chi connectivity index (χ1n) is 6.59. The summed E-state index contributed by atoms with van der Waals surface area (Å²) in [7, 11) is 2.99. The zero-order chi connectivity index (χ0) is 15.7. The molecular weight excluding hydrogens is 304 g/mol. The van der Waals surface area contributed by atoms with Gasteiger partial charge >= 0.3 is 0 Å². The minimum atomic E-state index is -0.249. The second-order valence-electron chi connectivity index (χ2n) is 4.64. The molecule has 1 heterocycles. The summed E-state index contributed by atoms with van der Waals surface area (Å²) < 4.78 is 16.3. The lowest BCUT2D eigenvalue weighted by Gasteiger charge is -2.10. The van der Waals surface area contributed by atoms with Crippen LogP contribution in [-0.4, -0.2) is 14.2 Å². The van der Waals surface area contributed by atoms with Crippen molar-refractivity contribution in [2.45, 2.75) is 0 Å². The van der Waals surface area contributed by atoms with E-state index in [1.165, 1.54) is 7.11 Å². The smallest absolute Gasteiger partial charge is 0.235 e. The maximum Gasteiger partial charge on any atom is 0.235 e. The largest absolute Gasteiger partial charge is 0.497 e. The van der Waals surface area contributed by atoms with Crippen LogP contribution in [-0.2, 0) is 0 Å². The molecule has 0 amide bonds. The number of ether oxygens (including phenoxy) is 2. The standard InChI is InChI=1S/C17H13ClO4/c1-20-10-7-8-12-14(9-10)22-16(17(21-2)15(12)19)11-5-3-4-6-13(11)18/h3-9H,1-2H3. The van der Waals surface area contributed by atoms with E-state index < -0.39 is 0 Å². The van der Waals surface area contributed by atoms with E-state index in [0.29, 0.717) is 33.1 Å². The van der Waals surface area contributed by atoms with Gasteiger partial charge in [-0.15, -0.1) is 0 Å². The van der Waals surface area contributed by atoms with Crippen molar-refractivity contribution in [3.05, 3.63) is 57.7 Å². The van der Waals surface area contributed by atoms with Crippen LogP contribution in [0.5, 0.6) is 11.5 Å². The van der Waals surface area contributed by atoms with Crippen LogP contribution in [0.3, 0.4) is 0 Å². The van der Waals surface area contributed by atoms with Gasteiger partial charge in [0.1, 0.15) is 11.3 Å². The van der Waals surface area contributed by atoms with Gasteiger partial charge < -0.3 is 13.9 Å². The van der Waals surface area contributed by atoms with Crippen molar-refractivity contribution in [1.29, 1.82) is 0 Å². The highest BCUT2D eigenvalue weighted by Crippen LogP contribution is 2.35. The highest BCUT2D eigenvalue weighted by atomic mass is 35.5. The summed E-state index contributed by atoms with van der Waals surface area (Å²) in [5, 5.41) is 0.902. The fourth-order valence-electron chi connectivity index (χ4n) is 2.29. The Labute approximate surface area is 131 Å². The molecule has 3 rings (SSSR count). The number of benzene rings is 2. The predicted octanol–water partition coefficient (Wildman–Crippen LogP) is 4.13. The molecule has 0 aliphatic rings. The highest BCUT2D eigenvalue weighted by Gasteiger charge is 2.18. The second kappa shape index (κ2) is 5.73. The first kappa shape index (κ1) is 14.5. The molecule has 4 nitrogen and oxygen atoms in total. The van der Waals surface area contributed by atoms with E-state index in [1.54, 1.807) is 43.5 Å². The summed E-state index contributed by atoms with van der Waals surface area (Å²) in [5.41, 5.74) is 0.768. The van der Waals surface area contributed by atoms with Gasteiger partial charge in [0.25, 0.3) is 0 Å². The lowest BCUT2D eigenvalue weighted by atomic mass is 10.1. The van der Waals surface area contributed by atoms with Crippen LogP contribution in [0.1, 0.15) is 0 Å². The van der Waals surface area contributed by atoms with Crippen molar-refractivity contribution in [2.24, 2.45) is 0 Å². The summed E-state index contributed by atoms with van der Waals surface area (Å²) in [6, 6.07) is 12.1. The molecule has 0 saturated carbocycles. The van der Waals surface area contributed by atoms with Gasteiger partial charge in [0.15, 0.2) is 5.76 Å². The second-order valence-corrected chi connectivity index (χ2v) is 5.04. The minimum Gasteiger partial charge on any atom is -0.497 e. The van der Waals surface area contributed by atoms with Crippen LogP contribution in [0.2, 0.25) is 5.02 Å². The van der Waals surface area contributed by atoms with Gasteiger partial charge in [0.05, 0.1) is 24.6 Å². The Bertz CT molecular complexity index is 899. The van der Waals surface area contributed by atoms with E-state index in [0.717, 1.165) is 0 Å². The van der Waals surface area contributed by atoms with Crippen molar-refractivity contribution in [1.82, 2.24) is 0 Å². The summed E-state index contributed by atoms with van der Waals surface area (Å²) >= 11 is 6.21. The predicted molar refractivity (Wildman–Crippen MR) is 86.0 cm³/mol. The molecule has 1 aromatic heterocycles. The van der Waals surface area contributed by atoms with Crippen molar-refractivity contribution >= 4 is 22.6 Å². The van der Waals surface area contributed by atoms with Crippen LogP contribution in [0.15, 0.2) is 51.7 Å². The molecule has 5 heteroatoms. The Morgan fingerprint density at radius 2 is 1.82 bits per heavy atom. The van der Waals surface area contributed by atoms with Gasteiger partial charge in [-0.2, -0.15) is 0 Å². The van der Waals surface area contributed by atoms with Gasteiger partial charge in [-0.3, -0.25) is 4.79 Å². The van der Waals surface area contributed by atoms with E-state index >= 15 is 0 Å². The van der Waals surface area contributed by atoms with Gasteiger partial charge in [0, 0.05) is 11.6 Å². The molecule has 0 aliphatic carbocycles. The van der Waals surface area contributed by atoms with Crippen molar-refractivity contribution in [3.63, 3.8) is 0 Å². The van der Waals surface area contributed by atoms with Gasteiger partial charge in [-0.25, -0.2) is 0 Å². The summed E-state index contributed by atoms with van der Waals surface area (Å²) in [5.74, 6) is 1.04. The Morgan fingerprint density at radius 1 is 1.05 bits per heavy atom. The molecule has 0 spiro atoms. The Kier molecular flexibility index (Phi) is 3.77. The maximum atomic E-state index is 12.6. The maximum absolute atomic E-state index is 12.6. The van der Waals surface area contributed by atoms with Crippen molar-refractivity contribution < 1.29 is 13.9 Å². The number of fused-ring (bicyclic) bond motifs is 1. The van der Waals surface area contributed by atoms with E-state index in [9.17, 15) is 4.79 Å². The summed E-state index contributed by atoms with van der Waals surface area (Å²) in [4.78, 5) is 12.6. The average Bonchev–Trinajstić information content (AvgIpc) is 2.54.